The molecule has 7 nitrogen and oxygen atoms in total. The second-order valence-electron chi connectivity index (χ2n) is 5.56. The Morgan fingerprint density at radius 3 is 2.15 bits per heavy atom. The minimum absolute atomic E-state index is 0.0982. The molecule has 0 heterocycles. The molecule has 8 heteroatoms. The Hall–Kier alpha value is -1.31. The number of nitrogens with one attached hydrogen (secondary N) is 1. The SMILES string of the molecule is CC(=O)N(CCNC(=O)OC(C)(C)C)CCS(C)(=O)=O. The van der Waals surface area contributed by atoms with E-state index < -0.39 is 21.5 Å². The Bertz CT molecular complexity index is 439. The summed E-state index contributed by atoms with van der Waals surface area (Å²) in [5.74, 6) is -0.335. The second-order valence-corrected chi connectivity index (χ2v) is 7.82. The summed E-state index contributed by atoms with van der Waals surface area (Å²) < 4.78 is 27.2. The Morgan fingerprint density at radius 2 is 1.75 bits per heavy atom. The molecule has 0 rings (SSSR count). The van der Waals surface area contributed by atoms with Gasteiger partial charge < -0.3 is 15.0 Å². The molecule has 0 spiro atoms. The Morgan fingerprint density at radius 1 is 1.20 bits per heavy atom. The Labute approximate surface area is 120 Å². The van der Waals surface area contributed by atoms with Crippen molar-refractivity contribution in [1.82, 2.24) is 10.2 Å². The van der Waals surface area contributed by atoms with Gasteiger partial charge in [0.25, 0.3) is 0 Å². The summed E-state index contributed by atoms with van der Waals surface area (Å²) in [7, 11) is -3.12. The monoisotopic (exact) mass is 308 g/mol. The lowest BCUT2D eigenvalue weighted by molar-refractivity contribution is -0.128. The van der Waals surface area contributed by atoms with Crippen LogP contribution in [0.25, 0.3) is 0 Å². The number of hydrogen-bond donors (Lipinski definition) is 1. The third-order valence-electron chi connectivity index (χ3n) is 2.23. The van der Waals surface area contributed by atoms with E-state index in [-0.39, 0.29) is 31.3 Å². The first kappa shape index (κ1) is 18.7. The zero-order valence-corrected chi connectivity index (χ0v) is 13.5. The maximum absolute atomic E-state index is 11.4. The zero-order valence-electron chi connectivity index (χ0n) is 12.7. The van der Waals surface area contributed by atoms with Crippen molar-refractivity contribution in [2.24, 2.45) is 0 Å². The smallest absolute Gasteiger partial charge is 0.407 e. The maximum atomic E-state index is 11.4. The van der Waals surface area contributed by atoms with Crippen molar-refractivity contribution in [3.63, 3.8) is 0 Å². The topological polar surface area (TPSA) is 92.8 Å². The average molecular weight is 308 g/mol. The first-order valence-corrected chi connectivity index (χ1v) is 8.37. The van der Waals surface area contributed by atoms with Crippen LogP contribution < -0.4 is 5.32 Å². The Kier molecular flexibility index (Phi) is 6.98. The van der Waals surface area contributed by atoms with Crippen molar-refractivity contribution >= 4 is 21.8 Å². The summed E-state index contributed by atoms with van der Waals surface area (Å²) in [6, 6.07) is 0. The highest BCUT2D eigenvalue weighted by Gasteiger charge is 2.16. The van der Waals surface area contributed by atoms with Crippen molar-refractivity contribution in [1.29, 1.82) is 0 Å². The molecule has 0 atom stereocenters. The highest BCUT2D eigenvalue weighted by atomic mass is 32.2. The molecule has 118 valence electrons. The molecule has 0 fully saturated rings. The minimum atomic E-state index is -3.12. The molecule has 0 aliphatic carbocycles. The van der Waals surface area contributed by atoms with Crippen LogP contribution >= 0.6 is 0 Å². The summed E-state index contributed by atoms with van der Waals surface area (Å²) in [4.78, 5) is 24.1. The summed E-state index contributed by atoms with van der Waals surface area (Å²) >= 11 is 0. The van der Waals surface area contributed by atoms with E-state index in [2.05, 4.69) is 5.32 Å². The molecule has 1 N–H and O–H groups in total. The molecule has 0 unspecified atom stereocenters. The highest BCUT2D eigenvalue weighted by Crippen LogP contribution is 2.06. The van der Waals surface area contributed by atoms with Gasteiger partial charge >= 0.3 is 6.09 Å². The van der Waals surface area contributed by atoms with Crippen LogP contribution in [0.15, 0.2) is 0 Å². The highest BCUT2D eigenvalue weighted by molar-refractivity contribution is 7.90. The molecule has 0 aliphatic heterocycles. The quantitative estimate of drug-likeness (QED) is 0.767. The molecule has 2 amide bonds. The van der Waals surface area contributed by atoms with Crippen LogP contribution in [0.5, 0.6) is 0 Å². The number of carbonyl (C=O) groups is 2. The van der Waals surface area contributed by atoms with Gasteiger partial charge in [0.15, 0.2) is 0 Å². The summed E-state index contributed by atoms with van der Waals surface area (Å²) in [5, 5.41) is 2.52. The first-order chi connectivity index (χ1) is 8.91. The van der Waals surface area contributed by atoms with Crippen LogP contribution in [0.3, 0.4) is 0 Å². The summed E-state index contributed by atoms with van der Waals surface area (Å²) in [6.07, 6.45) is 0.550. The third-order valence-corrected chi connectivity index (χ3v) is 3.15. The van der Waals surface area contributed by atoms with Crippen molar-refractivity contribution < 1.29 is 22.7 Å². The van der Waals surface area contributed by atoms with Gasteiger partial charge in [0.1, 0.15) is 15.4 Å². The number of rotatable bonds is 6. The fourth-order valence-corrected chi connectivity index (χ4v) is 1.86. The van der Waals surface area contributed by atoms with Gasteiger partial charge in [-0.15, -0.1) is 0 Å². The number of nitrogens with zero attached hydrogens (tertiary/aromatic N) is 1. The zero-order chi connectivity index (χ0) is 16.0. The molecule has 0 bridgehead atoms. The predicted molar refractivity (Wildman–Crippen MR) is 76.2 cm³/mol. The van der Waals surface area contributed by atoms with Crippen molar-refractivity contribution in [3.05, 3.63) is 0 Å². The van der Waals surface area contributed by atoms with E-state index in [1.165, 1.54) is 11.8 Å². The predicted octanol–water partition coefficient (Wildman–Crippen LogP) is 0.404. The number of ether oxygens (including phenoxy) is 1. The molecular weight excluding hydrogens is 284 g/mol. The van der Waals surface area contributed by atoms with Crippen LogP contribution in [0.4, 0.5) is 4.79 Å². The lowest BCUT2D eigenvalue weighted by Gasteiger charge is -2.22. The minimum Gasteiger partial charge on any atom is -0.444 e. The van der Waals surface area contributed by atoms with Crippen molar-refractivity contribution in [3.8, 4) is 0 Å². The van der Waals surface area contributed by atoms with Crippen LogP contribution in [0.1, 0.15) is 27.7 Å². The van der Waals surface area contributed by atoms with E-state index in [9.17, 15) is 18.0 Å². The number of hydrogen-bond acceptors (Lipinski definition) is 5. The summed E-state index contributed by atoms with van der Waals surface area (Å²) in [6.45, 7) is 7.17. The van der Waals surface area contributed by atoms with Crippen molar-refractivity contribution in [2.45, 2.75) is 33.3 Å². The molecule has 20 heavy (non-hydrogen) atoms. The average Bonchev–Trinajstić information content (AvgIpc) is 2.18. The number of alkyl carbamates (subject to hydrolysis) is 1. The normalized spacial score (nSPS) is 11.8. The van der Waals surface area contributed by atoms with Gasteiger partial charge in [-0.05, 0) is 20.8 Å². The molecular formula is C12H24N2O5S. The molecule has 0 saturated carbocycles. The van der Waals surface area contributed by atoms with Gasteiger partial charge in [-0.1, -0.05) is 0 Å². The maximum Gasteiger partial charge on any atom is 0.407 e. The number of amides is 2. The lowest BCUT2D eigenvalue weighted by Crippen LogP contribution is -2.41. The van der Waals surface area contributed by atoms with Gasteiger partial charge in [0.05, 0.1) is 5.75 Å². The van der Waals surface area contributed by atoms with Gasteiger partial charge in [0.2, 0.25) is 5.91 Å². The van der Waals surface area contributed by atoms with Crippen LogP contribution in [-0.4, -0.2) is 62.6 Å². The van der Waals surface area contributed by atoms with Crippen molar-refractivity contribution in [2.75, 3.05) is 31.6 Å². The van der Waals surface area contributed by atoms with E-state index in [1.807, 2.05) is 0 Å². The lowest BCUT2D eigenvalue weighted by atomic mass is 10.2. The van der Waals surface area contributed by atoms with E-state index in [4.69, 9.17) is 4.74 Å². The van der Waals surface area contributed by atoms with Crippen LogP contribution in [-0.2, 0) is 19.4 Å². The largest absolute Gasteiger partial charge is 0.444 e. The molecule has 0 aliphatic rings. The number of sulfone groups is 1. The summed E-state index contributed by atoms with van der Waals surface area (Å²) in [5.41, 5.74) is -0.583. The standard InChI is InChI=1S/C12H24N2O5S/c1-10(15)14(8-9-20(5,17)18)7-6-13-11(16)19-12(2,3)4/h6-9H2,1-5H3,(H,13,16). The molecule has 0 aromatic rings. The third kappa shape index (κ3) is 10.6. The van der Waals surface area contributed by atoms with Gasteiger partial charge in [0, 0.05) is 32.8 Å². The van der Waals surface area contributed by atoms with Crippen LogP contribution in [0.2, 0.25) is 0 Å². The fraction of sp³-hybridized carbons (Fsp3) is 0.833. The second kappa shape index (κ2) is 7.47. The van der Waals surface area contributed by atoms with Gasteiger partial charge in [-0.3, -0.25) is 4.79 Å². The molecule has 0 saturated heterocycles. The van der Waals surface area contributed by atoms with E-state index >= 15 is 0 Å². The first-order valence-electron chi connectivity index (χ1n) is 6.31. The molecule has 0 aromatic heterocycles. The molecule has 0 radical (unpaired) electrons. The molecule has 0 aromatic carbocycles. The van der Waals surface area contributed by atoms with Gasteiger partial charge in [-0.2, -0.15) is 0 Å². The van der Waals surface area contributed by atoms with E-state index in [1.54, 1.807) is 20.8 Å². The van der Waals surface area contributed by atoms with Gasteiger partial charge in [-0.25, -0.2) is 13.2 Å². The van der Waals surface area contributed by atoms with Crippen LogP contribution in [0, 0.1) is 0 Å². The Balaban J connectivity index is 4.17. The number of carbonyl (C=O) groups excluding carboxylic acids is 2. The van der Waals surface area contributed by atoms with E-state index in [0.717, 1.165) is 6.26 Å². The fourth-order valence-electron chi connectivity index (χ4n) is 1.31. The van der Waals surface area contributed by atoms with E-state index in [0.29, 0.717) is 0 Å².